The highest BCUT2D eigenvalue weighted by atomic mass is 16.6. The van der Waals surface area contributed by atoms with Gasteiger partial charge in [0.25, 0.3) is 0 Å². The molecule has 5 nitrogen and oxygen atoms in total. The molecular weight excluding hydrogens is 196 g/mol. The Labute approximate surface area is 90.1 Å². The van der Waals surface area contributed by atoms with Gasteiger partial charge in [0.15, 0.2) is 0 Å². The number of nitrogens with two attached hydrogens (primary N) is 2. The normalized spacial score (nSPS) is 12.6. The highest BCUT2D eigenvalue weighted by molar-refractivity contribution is 5.88. The van der Waals surface area contributed by atoms with Gasteiger partial charge in [-0.15, -0.1) is 0 Å². The van der Waals surface area contributed by atoms with Crippen molar-refractivity contribution in [2.24, 2.45) is 17.4 Å². The maximum atomic E-state index is 11.3. The Balaban J connectivity index is 3.83. The van der Waals surface area contributed by atoms with Crippen molar-refractivity contribution < 1.29 is 14.3 Å². The third-order valence-corrected chi connectivity index (χ3v) is 1.94. The van der Waals surface area contributed by atoms with E-state index >= 15 is 0 Å². The first kappa shape index (κ1) is 14.1. The van der Waals surface area contributed by atoms with Crippen molar-refractivity contribution in [2.75, 3.05) is 6.54 Å². The monoisotopic (exact) mass is 216 g/mol. The molecule has 88 valence electrons. The minimum Gasteiger partial charge on any atom is -0.392 e. The molecule has 0 aliphatic rings. The average Bonchev–Trinajstić information content (AvgIpc) is 2.17. The van der Waals surface area contributed by atoms with Crippen LogP contribution in [0.4, 0.5) is 0 Å². The number of rotatable bonds is 6. The van der Waals surface area contributed by atoms with E-state index in [-0.39, 0.29) is 5.92 Å². The number of ether oxygens (including phenoxy) is 1. The van der Waals surface area contributed by atoms with Crippen molar-refractivity contribution in [1.29, 1.82) is 0 Å². The van der Waals surface area contributed by atoms with E-state index in [1.165, 1.54) is 0 Å². The summed E-state index contributed by atoms with van der Waals surface area (Å²) in [5.74, 6) is -1.50. The van der Waals surface area contributed by atoms with Gasteiger partial charge in [-0.2, -0.15) is 0 Å². The van der Waals surface area contributed by atoms with Gasteiger partial charge in [0.2, 0.25) is 0 Å². The average molecular weight is 216 g/mol. The molecule has 0 fully saturated rings. The summed E-state index contributed by atoms with van der Waals surface area (Å²) in [6, 6.07) is -0.723. The molecule has 0 radical (unpaired) electrons. The van der Waals surface area contributed by atoms with E-state index in [4.69, 9.17) is 11.5 Å². The fraction of sp³-hybridized carbons (Fsp3) is 0.800. The van der Waals surface area contributed by atoms with Gasteiger partial charge in [-0.25, -0.2) is 4.79 Å². The molecule has 0 aliphatic heterocycles. The van der Waals surface area contributed by atoms with Crippen LogP contribution in [0.3, 0.4) is 0 Å². The second-order valence-electron chi connectivity index (χ2n) is 3.79. The van der Waals surface area contributed by atoms with Crippen molar-refractivity contribution in [2.45, 2.75) is 39.2 Å². The molecule has 0 heterocycles. The first-order valence-electron chi connectivity index (χ1n) is 5.20. The van der Waals surface area contributed by atoms with Gasteiger partial charge < -0.3 is 16.2 Å². The number of carbonyl (C=O) groups is 2. The van der Waals surface area contributed by atoms with E-state index in [0.717, 1.165) is 12.8 Å². The van der Waals surface area contributed by atoms with Crippen LogP contribution in [-0.4, -0.2) is 24.5 Å². The van der Waals surface area contributed by atoms with Crippen molar-refractivity contribution in [3.63, 3.8) is 0 Å². The Kier molecular flexibility index (Phi) is 6.90. The first-order chi connectivity index (χ1) is 6.99. The van der Waals surface area contributed by atoms with Crippen LogP contribution in [0.25, 0.3) is 0 Å². The zero-order valence-corrected chi connectivity index (χ0v) is 9.36. The molecule has 0 saturated carbocycles. The van der Waals surface area contributed by atoms with Crippen molar-refractivity contribution in [3.05, 3.63) is 0 Å². The van der Waals surface area contributed by atoms with Crippen LogP contribution in [0.5, 0.6) is 0 Å². The Morgan fingerprint density at radius 3 is 2.27 bits per heavy atom. The van der Waals surface area contributed by atoms with Gasteiger partial charge >= 0.3 is 11.9 Å². The number of hydrogen-bond acceptors (Lipinski definition) is 5. The third kappa shape index (κ3) is 6.19. The van der Waals surface area contributed by atoms with E-state index in [2.05, 4.69) is 4.74 Å². The van der Waals surface area contributed by atoms with Crippen molar-refractivity contribution >= 4 is 11.9 Å². The lowest BCUT2D eigenvalue weighted by Gasteiger charge is -2.10. The highest BCUT2D eigenvalue weighted by Gasteiger charge is 2.19. The molecule has 0 spiro atoms. The summed E-state index contributed by atoms with van der Waals surface area (Å²) in [6.45, 7) is 3.90. The molecule has 15 heavy (non-hydrogen) atoms. The standard InChI is InChI=1S/C10H20N2O3/c1-7(2)9(13)15-10(14)8(12)5-3-4-6-11/h7-8H,3-6,11-12H2,1-2H3/t8-/m0/s1. The lowest BCUT2D eigenvalue weighted by atomic mass is 10.1. The number of esters is 2. The quantitative estimate of drug-likeness (QED) is 0.375. The fourth-order valence-electron chi connectivity index (χ4n) is 0.919. The maximum Gasteiger partial charge on any atom is 0.330 e. The van der Waals surface area contributed by atoms with Crippen LogP contribution in [0.2, 0.25) is 0 Å². The zero-order valence-electron chi connectivity index (χ0n) is 9.36. The molecule has 0 amide bonds. The smallest absolute Gasteiger partial charge is 0.330 e. The Morgan fingerprint density at radius 2 is 1.80 bits per heavy atom. The number of carbonyl (C=O) groups excluding carboxylic acids is 2. The Morgan fingerprint density at radius 1 is 1.20 bits per heavy atom. The molecule has 0 aromatic carbocycles. The summed E-state index contributed by atoms with van der Waals surface area (Å²) in [7, 11) is 0. The van der Waals surface area contributed by atoms with Crippen molar-refractivity contribution in [1.82, 2.24) is 0 Å². The summed E-state index contributed by atoms with van der Waals surface area (Å²) in [6.07, 6.45) is 2.09. The molecule has 4 N–H and O–H groups in total. The minimum atomic E-state index is -0.723. The molecule has 0 aromatic heterocycles. The van der Waals surface area contributed by atoms with E-state index < -0.39 is 18.0 Å². The topological polar surface area (TPSA) is 95.4 Å². The minimum absolute atomic E-state index is 0.315. The molecule has 0 aliphatic carbocycles. The predicted octanol–water partition coefficient (Wildman–Crippen LogP) is 0.169. The first-order valence-corrected chi connectivity index (χ1v) is 5.20. The Bertz CT molecular complexity index is 217. The summed E-state index contributed by atoms with van der Waals surface area (Å²) in [5.41, 5.74) is 10.8. The second kappa shape index (κ2) is 7.36. The summed E-state index contributed by atoms with van der Waals surface area (Å²) < 4.78 is 4.57. The number of unbranched alkanes of at least 4 members (excludes halogenated alkanes) is 1. The van der Waals surface area contributed by atoms with Gasteiger partial charge in [0.05, 0.1) is 5.92 Å². The SMILES string of the molecule is CC(C)C(=O)OC(=O)[C@@H](N)CCCCN. The van der Waals surface area contributed by atoms with Crippen molar-refractivity contribution in [3.8, 4) is 0 Å². The lowest BCUT2D eigenvalue weighted by Crippen LogP contribution is -2.34. The highest BCUT2D eigenvalue weighted by Crippen LogP contribution is 2.02. The van der Waals surface area contributed by atoms with Crippen LogP contribution in [0, 0.1) is 5.92 Å². The summed E-state index contributed by atoms with van der Waals surface area (Å²) in [4.78, 5) is 22.3. The second-order valence-corrected chi connectivity index (χ2v) is 3.79. The molecule has 1 atom stereocenters. The molecule has 0 saturated heterocycles. The van der Waals surface area contributed by atoms with E-state index in [1.54, 1.807) is 13.8 Å². The fourth-order valence-corrected chi connectivity index (χ4v) is 0.919. The molecule has 0 aromatic rings. The van der Waals surface area contributed by atoms with E-state index in [1.807, 2.05) is 0 Å². The Hall–Kier alpha value is -0.940. The van der Waals surface area contributed by atoms with Crippen LogP contribution >= 0.6 is 0 Å². The summed E-state index contributed by atoms with van der Waals surface area (Å²) >= 11 is 0. The van der Waals surface area contributed by atoms with Gasteiger partial charge in [-0.3, -0.25) is 4.79 Å². The van der Waals surface area contributed by atoms with Gasteiger partial charge in [0.1, 0.15) is 6.04 Å². The van der Waals surface area contributed by atoms with E-state index in [9.17, 15) is 9.59 Å². The predicted molar refractivity (Wildman–Crippen MR) is 56.8 cm³/mol. The van der Waals surface area contributed by atoms with Crippen LogP contribution < -0.4 is 11.5 Å². The number of hydrogen-bond donors (Lipinski definition) is 2. The molecule has 0 unspecified atom stereocenters. The third-order valence-electron chi connectivity index (χ3n) is 1.94. The summed E-state index contributed by atoms with van der Waals surface area (Å²) in [5, 5.41) is 0. The lowest BCUT2D eigenvalue weighted by molar-refractivity contribution is -0.163. The van der Waals surface area contributed by atoms with Crippen LogP contribution in [0.15, 0.2) is 0 Å². The van der Waals surface area contributed by atoms with Crippen LogP contribution in [0.1, 0.15) is 33.1 Å². The molecular formula is C10H20N2O3. The van der Waals surface area contributed by atoms with Gasteiger partial charge in [-0.05, 0) is 19.4 Å². The molecule has 0 rings (SSSR count). The van der Waals surface area contributed by atoms with E-state index in [0.29, 0.717) is 13.0 Å². The molecule has 5 heteroatoms. The molecule has 0 bridgehead atoms. The zero-order chi connectivity index (χ0) is 11.8. The van der Waals surface area contributed by atoms with Gasteiger partial charge in [0, 0.05) is 0 Å². The van der Waals surface area contributed by atoms with Crippen LogP contribution in [-0.2, 0) is 14.3 Å². The maximum absolute atomic E-state index is 11.3. The van der Waals surface area contributed by atoms with Gasteiger partial charge in [-0.1, -0.05) is 20.3 Å². The largest absolute Gasteiger partial charge is 0.392 e.